The molecule has 2 aromatic rings. The van der Waals surface area contributed by atoms with Crippen LogP contribution in [0.15, 0.2) is 42.6 Å². The molecule has 0 amide bonds. The van der Waals surface area contributed by atoms with Crippen LogP contribution >= 0.6 is 11.6 Å². The molecule has 0 atom stereocenters. The van der Waals surface area contributed by atoms with Crippen molar-refractivity contribution in [2.75, 3.05) is 6.61 Å². The standard InChI is InChI=1S/C14H14ClNO2/c15-14-9-12(5-7-16-14)10-18-13-3-1-11(2-4-13)6-8-17/h1-5,7,9,17H,6,8,10H2. The van der Waals surface area contributed by atoms with Crippen molar-refractivity contribution in [3.63, 3.8) is 0 Å². The molecule has 0 spiro atoms. The van der Waals surface area contributed by atoms with E-state index >= 15 is 0 Å². The lowest BCUT2D eigenvalue weighted by Crippen LogP contribution is -1.96. The summed E-state index contributed by atoms with van der Waals surface area (Å²) in [5.74, 6) is 0.796. The minimum Gasteiger partial charge on any atom is -0.489 e. The predicted octanol–water partition coefficient (Wildman–Crippen LogP) is 2.85. The van der Waals surface area contributed by atoms with Crippen LogP contribution < -0.4 is 4.74 Å². The lowest BCUT2D eigenvalue weighted by molar-refractivity contribution is 0.298. The first-order valence-electron chi connectivity index (χ1n) is 5.71. The number of hydrogen-bond acceptors (Lipinski definition) is 3. The summed E-state index contributed by atoms with van der Waals surface area (Å²) in [5, 5.41) is 9.28. The zero-order valence-corrected chi connectivity index (χ0v) is 10.6. The zero-order chi connectivity index (χ0) is 12.8. The largest absolute Gasteiger partial charge is 0.489 e. The molecule has 0 saturated heterocycles. The van der Waals surface area contributed by atoms with E-state index in [1.807, 2.05) is 30.3 Å². The highest BCUT2D eigenvalue weighted by atomic mass is 35.5. The maximum Gasteiger partial charge on any atom is 0.129 e. The number of halogens is 1. The average molecular weight is 264 g/mol. The summed E-state index contributed by atoms with van der Waals surface area (Å²) < 4.78 is 5.63. The van der Waals surface area contributed by atoms with Crippen LogP contribution in [0, 0.1) is 0 Å². The van der Waals surface area contributed by atoms with Gasteiger partial charge in [-0.05, 0) is 41.8 Å². The van der Waals surface area contributed by atoms with Crippen LogP contribution in [0.25, 0.3) is 0 Å². The molecule has 1 heterocycles. The minimum atomic E-state index is 0.162. The molecule has 0 unspecified atom stereocenters. The van der Waals surface area contributed by atoms with Gasteiger partial charge in [0.05, 0.1) is 0 Å². The van der Waals surface area contributed by atoms with Crippen molar-refractivity contribution in [1.29, 1.82) is 0 Å². The van der Waals surface area contributed by atoms with Gasteiger partial charge in [0.15, 0.2) is 0 Å². The monoisotopic (exact) mass is 263 g/mol. The molecular weight excluding hydrogens is 250 g/mol. The number of benzene rings is 1. The molecule has 3 nitrogen and oxygen atoms in total. The maximum absolute atomic E-state index is 8.82. The Morgan fingerprint density at radius 3 is 2.56 bits per heavy atom. The van der Waals surface area contributed by atoms with Gasteiger partial charge in [-0.3, -0.25) is 0 Å². The molecule has 0 bridgehead atoms. The third-order valence-electron chi connectivity index (χ3n) is 2.52. The molecule has 2 rings (SSSR count). The molecule has 1 N–H and O–H groups in total. The molecule has 0 radical (unpaired) electrons. The number of nitrogens with zero attached hydrogens (tertiary/aromatic N) is 1. The van der Waals surface area contributed by atoms with Gasteiger partial charge in [0.1, 0.15) is 17.5 Å². The molecule has 18 heavy (non-hydrogen) atoms. The zero-order valence-electron chi connectivity index (χ0n) is 9.84. The number of ether oxygens (including phenoxy) is 1. The summed E-state index contributed by atoms with van der Waals surface area (Å²) in [6, 6.07) is 11.3. The Bertz CT molecular complexity index is 499. The molecule has 0 fully saturated rings. The predicted molar refractivity (Wildman–Crippen MR) is 70.8 cm³/mol. The Balaban J connectivity index is 1.93. The summed E-state index contributed by atoms with van der Waals surface area (Å²) in [5.41, 5.74) is 2.08. The first kappa shape index (κ1) is 12.9. The Hall–Kier alpha value is -1.58. The lowest BCUT2D eigenvalue weighted by Gasteiger charge is -2.07. The van der Waals surface area contributed by atoms with Crippen molar-refractivity contribution in [2.24, 2.45) is 0 Å². The quantitative estimate of drug-likeness (QED) is 0.844. The van der Waals surface area contributed by atoms with Gasteiger partial charge in [-0.25, -0.2) is 4.98 Å². The number of pyridine rings is 1. The molecule has 4 heteroatoms. The third kappa shape index (κ3) is 3.72. The Morgan fingerprint density at radius 1 is 1.11 bits per heavy atom. The van der Waals surface area contributed by atoms with Gasteiger partial charge in [-0.15, -0.1) is 0 Å². The van der Waals surface area contributed by atoms with Gasteiger partial charge in [0, 0.05) is 12.8 Å². The summed E-state index contributed by atoms with van der Waals surface area (Å²) in [4.78, 5) is 3.91. The average Bonchev–Trinajstić information content (AvgIpc) is 2.38. The van der Waals surface area contributed by atoms with E-state index in [2.05, 4.69) is 4.98 Å². The number of aliphatic hydroxyl groups excluding tert-OH is 1. The van der Waals surface area contributed by atoms with Crippen LogP contribution in [-0.2, 0) is 13.0 Å². The van der Waals surface area contributed by atoms with Crippen molar-refractivity contribution in [1.82, 2.24) is 4.98 Å². The highest BCUT2D eigenvalue weighted by molar-refractivity contribution is 6.29. The molecule has 1 aromatic heterocycles. The third-order valence-corrected chi connectivity index (χ3v) is 2.73. The van der Waals surface area contributed by atoms with Crippen molar-refractivity contribution >= 4 is 11.6 Å². The van der Waals surface area contributed by atoms with E-state index in [0.717, 1.165) is 16.9 Å². The second-order valence-corrected chi connectivity index (χ2v) is 4.28. The van der Waals surface area contributed by atoms with Gasteiger partial charge >= 0.3 is 0 Å². The number of aliphatic hydroxyl groups is 1. The van der Waals surface area contributed by atoms with Crippen LogP contribution in [0.1, 0.15) is 11.1 Å². The Kier molecular flexibility index (Phi) is 4.56. The van der Waals surface area contributed by atoms with E-state index in [9.17, 15) is 0 Å². The van der Waals surface area contributed by atoms with Crippen LogP contribution in [0.5, 0.6) is 5.75 Å². The fourth-order valence-corrected chi connectivity index (χ4v) is 1.78. The summed E-state index contributed by atoms with van der Waals surface area (Å²) >= 11 is 5.79. The van der Waals surface area contributed by atoms with Crippen molar-refractivity contribution in [3.8, 4) is 5.75 Å². The van der Waals surface area contributed by atoms with Gasteiger partial charge < -0.3 is 9.84 Å². The SMILES string of the molecule is OCCc1ccc(OCc2ccnc(Cl)c2)cc1. The molecule has 0 aliphatic carbocycles. The van der Waals surface area contributed by atoms with Crippen molar-refractivity contribution in [2.45, 2.75) is 13.0 Å². The van der Waals surface area contributed by atoms with E-state index in [4.69, 9.17) is 21.4 Å². The molecule has 0 aliphatic heterocycles. The molecular formula is C14H14ClNO2. The fourth-order valence-electron chi connectivity index (χ4n) is 1.58. The van der Waals surface area contributed by atoms with E-state index in [0.29, 0.717) is 18.2 Å². The molecule has 1 aromatic carbocycles. The van der Waals surface area contributed by atoms with Crippen molar-refractivity contribution in [3.05, 3.63) is 58.9 Å². The first-order valence-corrected chi connectivity index (χ1v) is 6.09. The number of rotatable bonds is 5. The summed E-state index contributed by atoms with van der Waals surface area (Å²) in [6.07, 6.45) is 2.33. The Morgan fingerprint density at radius 2 is 1.89 bits per heavy atom. The second kappa shape index (κ2) is 6.38. The minimum absolute atomic E-state index is 0.162. The molecule has 0 saturated carbocycles. The van der Waals surface area contributed by atoms with Crippen LogP contribution in [0.3, 0.4) is 0 Å². The van der Waals surface area contributed by atoms with Gasteiger partial charge in [-0.1, -0.05) is 23.7 Å². The van der Waals surface area contributed by atoms with Gasteiger partial charge in [-0.2, -0.15) is 0 Å². The van der Waals surface area contributed by atoms with E-state index in [1.165, 1.54) is 0 Å². The van der Waals surface area contributed by atoms with Crippen molar-refractivity contribution < 1.29 is 9.84 Å². The number of hydrogen-bond donors (Lipinski definition) is 1. The van der Waals surface area contributed by atoms with Gasteiger partial charge in [0.25, 0.3) is 0 Å². The van der Waals surface area contributed by atoms with Crippen LogP contribution in [0.4, 0.5) is 0 Å². The van der Waals surface area contributed by atoms with E-state index in [-0.39, 0.29) is 6.61 Å². The first-order chi connectivity index (χ1) is 8.78. The molecule has 0 aliphatic rings. The lowest BCUT2D eigenvalue weighted by atomic mass is 10.1. The Labute approximate surface area is 111 Å². The van der Waals surface area contributed by atoms with Crippen LogP contribution in [-0.4, -0.2) is 16.7 Å². The molecule has 94 valence electrons. The highest BCUT2D eigenvalue weighted by Gasteiger charge is 1.98. The highest BCUT2D eigenvalue weighted by Crippen LogP contribution is 2.15. The van der Waals surface area contributed by atoms with Gasteiger partial charge in [0.2, 0.25) is 0 Å². The fraction of sp³-hybridized carbons (Fsp3) is 0.214. The topological polar surface area (TPSA) is 42.4 Å². The van der Waals surface area contributed by atoms with Crippen LogP contribution in [0.2, 0.25) is 5.15 Å². The normalized spacial score (nSPS) is 10.3. The summed E-state index contributed by atoms with van der Waals surface area (Å²) in [6.45, 7) is 0.622. The smallest absolute Gasteiger partial charge is 0.129 e. The van der Waals surface area contributed by atoms with E-state index in [1.54, 1.807) is 12.3 Å². The summed E-state index contributed by atoms with van der Waals surface area (Å²) in [7, 11) is 0. The van der Waals surface area contributed by atoms with E-state index < -0.39 is 0 Å². The second-order valence-electron chi connectivity index (χ2n) is 3.89. The maximum atomic E-state index is 8.82. The number of aromatic nitrogens is 1.